The molecule has 1 saturated carbocycles. The highest BCUT2D eigenvalue weighted by Crippen LogP contribution is 2.35. The van der Waals surface area contributed by atoms with Crippen molar-refractivity contribution >= 4 is 41.4 Å². The molecule has 0 saturated heterocycles. The maximum absolute atomic E-state index is 11.3. The van der Waals surface area contributed by atoms with E-state index in [0.29, 0.717) is 10.0 Å². The van der Waals surface area contributed by atoms with Gasteiger partial charge >= 0.3 is 0 Å². The zero-order valence-corrected chi connectivity index (χ0v) is 12.2. The zero-order chi connectivity index (χ0) is 13.0. The molecule has 0 radical (unpaired) electrons. The van der Waals surface area contributed by atoms with Gasteiger partial charge in [-0.05, 0) is 36.9 Å². The zero-order valence-electron chi connectivity index (χ0n) is 9.92. The minimum atomic E-state index is -0.408. The quantitative estimate of drug-likeness (QED) is 0.656. The van der Waals surface area contributed by atoms with Crippen molar-refractivity contribution in [2.75, 3.05) is 0 Å². The number of rotatable bonds is 4. The first-order chi connectivity index (χ1) is 8.67. The van der Waals surface area contributed by atoms with Gasteiger partial charge in [-0.2, -0.15) is 0 Å². The Morgan fingerprint density at radius 1 is 1.22 bits per heavy atom. The van der Waals surface area contributed by atoms with E-state index in [4.69, 9.17) is 23.2 Å². The van der Waals surface area contributed by atoms with Gasteiger partial charge in [0.05, 0.1) is 15.6 Å². The molecule has 2 nitrogen and oxygen atoms in total. The molecule has 0 spiro atoms. The lowest BCUT2D eigenvalue weighted by Gasteiger charge is -2.32. The topological polar surface area (TPSA) is 29.1 Å². The number of hydrogen-bond donors (Lipinski definition) is 1. The standard InChI is InChI=1S/C13H15Cl2NOS/c14-10-5-4-6-11(12(10)15)18-16-13(9-17)7-2-1-3-8-13/h4-6,9,16H,1-3,7-8H2. The van der Waals surface area contributed by atoms with Crippen LogP contribution in [0.4, 0.5) is 0 Å². The Labute approximate surface area is 122 Å². The van der Waals surface area contributed by atoms with E-state index in [2.05, 4.69) is 4.72 Å². The second kappa shape index (κ2) is 6.29. The van der Waals surface area contributed by atoms with E-state index in [0.717, 1.165) is 36.9 Å². The van der Waals surface area contributed by atoms with Crippen molar-refractivity contribution in [3.05, 3.63) is 28.2 Å². The Bertz CT molecular complexity index is 433. The fourth-order valence-electron chi connectivity index (χ4n) is 2.15. The molecule has 0 atom stereocenters. The number of aldehydes is 1. The summed E-state index contributed by atoms with van der Waals surface area (Å²) in [5.74, 6) is 0. The fraction of sp³-hybridized carbons (Fsp3) is 0.462. The van der Waals surface area contributed by atoms with Crippen LogP contribution in [0.1, 0.15) is 32.1 Å². The molecule has 5 heteroatoms. The van der Waals surface area contributed by atoms with E-state index in [-0.39, 0.29) is 0 Å². The lowest BCUT2D eigenvalue weighted by atomic mass is 9.84. The van der Waals surface area contributed by atoms with Crippen molar-refractivity contribution in [1.82, 2.24) is 4.72 Å². The highest BCUT2D eigenvalue weighted by atomic mass is 35.5. The van der Waals surface area contributed by atoms with Crippen molar-refractivity contribution in [2.45, 2.75) is 42.5 Å². The van der Waals surface area contributed by atoms with Crippen molar-refractivity contribution < 1.29 is 4.79 Å². The second-order valence-corrected chi connectivity index (χ2v) is 6.22. The van der Waals surface area contributed by atoms with Crippen LogP contribution in [-0.2, 0) is 4.79 Å². The molecule has 98 valence electrons. The molecule has 0 amide bonds. The van der Waals surface area contributed by atoms with E-state index in [1.165, 1.54) is 18.4 Å². The van der Waals surface area contributed by atoms with Gasteiger partial charge in [0.1, 0.15) is 6.29 Å². The van der Waals surface area contributed by atoms with Crippen LogP contribution in [0.25, 0.3) is 0 Å². The Morgan fingerprint density at radius 2 is 1.94 bits per heavy atom. The van der Waals surface area contributed by atoms with Crippen LogP contribution in [0.2, 0.25) is 10.0 Å². The summed E-state index contributed by atoms with van der Waals surface area (Å²) < 4.78 is 3.27. The molecule has 1 aliphatic rings. The van der Waals surface area contributed by atoms with Gasteiger partial charge in [-0.1, -0.05) is 48.5 Å². The summed E-state index contributed by atoms with van der Waals surface area (Å²) in [5, 5.41) is 1.07. The predicted molar refractivity (Wildman–Crippen MR) is 77.3 cm³/mol. The van der Waals surface area contributed by atoms with Crippen LogP contribution in [0.3, 0.4) is 0 Å². The Hall–Kier alpha value is -0.220. The molecule has 1 N–H and O–H groups in total. The number of halogens is 2. The van der Waals surface area contributed by atoms with Crippen LogP contribution in [-0.4, -0.2) is 11.8 Å². The Balaban J connectivity index is 2.05. The van der Waals surface area contributed by atoms with Crippen LogP contribution in [0.5, 0.6) is 0 Å². The maximum Gasteiger partial charge on any atom is 0.140 e. The third-order valence-corrected chi connectivity index (χ3v) is 5.25. The van der Waals surface area contributed by atoms with E-state index in [9.17, 15) is 4.79 Å². The van der Waals surface area contributed by atoms with Crippen molar-refractivity contribution in [2.24, 2.45) is 0 Å². The summed E-state index contributed by atoms with van der Waals surface area (Å²) in [5.41, 5.74) is -0.408. The van der Waals surface area contributed by atoms with Gasteiger partial charge in [0.15, 0.2) is 0 Å². The first kappa shape index (κ1) is 14.2. The normalized spacial score (nSPS) is 18.6. The largest absolute Gasteiger partial charge is 0.301 e. The minimum absolute atomic E-state index is 0.408. The monoisotopic (exact) mass is 303 g/mol. The minimum Gasteiger partial charge on any atom is -0.301 e. The average molecular weight is 304 g/mol. The number of nitrogens with one attached hydrogen (secondary N) is 1. The molecule has 18 heavy (non-hydrogen) atoms. The third kappa shape index (κ3) is 3.21. The molecule has 0 heterocycles. The van der Waals surface area contributed by atoms with Crippen LogP contribution < -0.4 is 4.72 Å². The van der Waals surface area contributed by atoms with Crippen molar-refractivity contribution in [3.63, 3.8) is 0 Å². The summed E-state index contributed by atoms with van der Waals surface area (Å²) in [6.45, 7) is 0. The Kier molecular flexibility index (Phi) is 4.96. The SMILES string of the molecule is O=CC1(NSc2cccc(Cl)c2Cl)CCCCC1. The van der Waals surface area contributed by atoms with Gasteiger partial charge in [0.2, 0.25) is 0 Å². The molecule has 1 fully saturated rings. The molecular formula is C13H15Cl2NOS. The van der Waals surface area contributed by atoms with E-state index < -0.39 is 5.54 Å². The maximum atomic E-state index is 11.3. The van der Waals surface area contributed by atoms with Crippen molar-refractivity contribution in [3.8, 4) is 0 Å². The number of hydrogen-bond acceptors (Lipinski definition) is 3. The summed E-state index contributed by atoms with van der Waals surface area (Å²) in [6, 6.07) is 5.50. The lowest BCUT2D eigenvalue weighted by molar-refractivity contribution is -0.113. The van der Waals surface area contributed by atoms with E-state index in [1.54, 1.807) is 6.07 Å². The average Bonchev–Trinajstić information content (AvgIpc) is 2.41. The van der Waals surface area contributed by atoms with Gasteiger partial charge in [0, 0.05) is 4.90 Å². The number of carbonyl (C=O) groups is 1. The van der Waals surface area contributed by atoms with Crippen molar-refractivity contribution in [1.29, 1.82) is 0 Å². The molecule has 2 rings (SSSR count). The lowest BCUT2D eigenvalue weighted by Crippen LogP contribution is -2.44. The molecule has 0 unspecified atom stereocenters. The summed E-state index contributed by atoms with van der Waals surface area (Å²) in [6.07, 6.45) is 6.21. The summed E-state index contributed by atoms with van der Waals surface area (Å²) in [4.78, 5) is 12.2. The van der Waals surface area contributed by atoms with Crippen LogP contribution >= 0.6 is 35.1 Å². The Morgan fingerprint density at radius 3 is 2.61 bits per heavy atom. The molecule has 1 aliphatic carbocycles. The van der Waals surface area contributed by atoms with Gasteiger partial charge in [-0.15, -0.1) is 0 Å². The molecule has 1 aromatic rings. The van der Waals surface area contributed by atoms with Gasteiger partial charge in [-0.25, -0.2) is 4.72 Å². The molecular weight excluding hydrogens is 289 g/mol. The summed E-state index contributed by atoms with van der Waals surface area (Å²) in [7, 11) is 0. The first-order valence-corrected chi connectivity index (χ1v) is 7.58. The second-order valence-electron chi connectivity index (χ2n) is 4.59. The van der Waals surface area contributed by atoms with Gasteiger partial charge in [0.25, 0.3) is 0 Å². The highest BCUT2D eigenvalue weighted by Gasteiger charge is 2.31. The first-order valence-electron chi connectivity index (χ1n) is 6.01. The van der Waals surface area contributed by atoms with Crippen LogP contribution in [0, 0.1) is 0 Å². The number of carbonyl (C=O) groups excluding carboxylic acids is 1. The molecule has 0 aliphatic heterocycles. The van der Waals surface area contributed by atoms with Gasteiger partial charge in [-0.3, -0.25) is 0 Å². The van der Waals surface area contributed by atoms with E-state index >= 15 is 0 Å². The molecule has 1 aromatic carbocycles. The summed E-state index contributed by atoms with van der Waals surface area (Å²) >= 11 is 13.5. The van der Waals surface area contributed by atoms with Crippen LogP contribution in [0.15, 0.2) is 23.1 Å². The molecule has 0 bridgehead atoms. The highest BCUT2D eigenvalue weighted by molar-refractivity contribution is 7.97. The predicted octanol–water partition coefficient (Wildman–Crippen LogP) is 4.49. The van der Waals surface area contributed by atoms with Gasteiger partial charge < -0.3 is 4.79 Å². The third-order valence-electron chi connectivity index (χ3n) is 3.25. The molecule has 0 aromatic heterocycles. The smallest absolute Gasteiger partial charge is 0.140 e. The fourth-order valence-corrected chi connectivity index (χ4v) is 3.53. The van der Waals surface area contributed by atoms with E-state index in [1.807, 2.05) is 12.1 Å². The number of benzene rings is 1.